The summed E-state index contributed by atoms with van der Waals surface area (Å²) in [5, 5.41) is 28.5. The van der Waals surface area contributed by atoms with E-state index < -0.39 is 35.7 Å². The predicted molar refractivity (Wildman–Crippen MR) is 154 cm³/mol. The zero-order chi connectivity index (χ0) is 28.8. The number of unbranched alkanes of at least 4 members (excludes halogenated alkanes) is 13. The third kappa shape index (κ3) is 18.4. The van der Waals surface area contributed by atoms with Crippen LogP contribution in [0.5, 0.6) is 0 Å². The van der Waals surface area contributed by atoms with Crippen molar-refractivity contribution in [2.45, 2.75) is 124 Å². The number of aliphatic carboxylic acids is 3. The van der Waals surface area contributed by atoms with E-state index in [1.807, 2.05) is 0 Å². The van der Waals surface area contributed by atoms with Gasteiger partial charge in [-0.15, -0.1) is 0 Å². The standard InChI is InChI=1S/C31H57NO6/c1-5-6-7-8-9-10-11-12-13-14-15-16-17-18-19-20-21-22-32(23-26(2)29(33)34,24-27(3)30(35)36)25-28(4)31(37)38/h9-10,26-28H,5-8,11-25H2,1-4H3,(H2-,33,34,35,36,37,38)/p+1/b10-9+. The Bertz CT molecular complexity index is 622. The minimum atomic E-state index is -0.933. The maximum Gasteiger partial charge on any atom is 0.311 e. The van der Waals surface area contributed by atoms with Gasteiger partial charge in [0.1, 0.15) is 17.8 Å². The third-order valence-corrected chi connectivity index (χ3v) is 7.64. The van der Waals surface area contributed by atoms with Gasteiger partial charge in [0.25, 0.3) is 0 Å². The van der Waals surface area contributed by atoms with Gasteiger partial charge < -0.3 is 19.8 Å². The Morgan fingerprint density at radius 3 is 1.21 bits per heavy atom. The van der Waals surface area contributed by atoms with Gasteiger partial charge in [0.2, 0.25) is 0 Å². The molecule has 0 fully saturated rings. The lowest BCUT2D eigenvalue weighted by Crippen LogP contribution is -2.57. The highest BCUT2D eigenvalue weighted by molar-refractivity contribution is 5.70. The zero-order valence-electron chi connectivity index (χ0n) is 24.8. The summed E-state index contributed by atoms with van der Waals surface area (Å²) in [4.78, 5) is 34.8. The van der Waals surface area contributed by atoms with E-state index in [1.54, 1.807) is 20.8 Å². The van der Waals surface area contributed by atoms with E-state index in [2.05, 4.69) is 19.1 Å². The number of rotatable bonds is 26. The topological polar surface area (TPSA) is 112 Å². The Balaban J connectivity index is 4.43. The average Bonchev–Trinajstić information content (AvgIpc) is 2.85. The molecule has 0 saturated heterocycles. The summed E-state index contributed by atoms with van der Waals surface area (Å²) in [6.07, 6.45) is 22.8. The van der Waals surface area contributed by atoms with E-state index in [4.69, 9.17) is 0 Å². The molecule has 3 unspecified atom stereocenters. The van der Waals surface area contributed by atoms with Gasteiger partial charge >= 0.3 is 17.9 Å². The molecule has 0 aliphatic carbocycles. The van der Waals surface area contributed by atoms with Gasteiger partial charge in [0.15, 0.2) is 0 Å². The second-order valence-corrected chi connectivity index (χ2v) is 11.6. The second kappa shape index (κ2) is 22.0. The number of carbonyl (C=O) groups is 3. The van der Waals surface area contributed by atoms with Crippen molar-refractivity contribution in [1.82, 2.24) is 0 Å². The molecule has 0 amide bonds. The lowest BCUT2D eigenvalue weighted by molar-refractivity contribution is -0.934. The number of nitrogens with zero attached hydrogens (tertiary/aromatic N) is 1. The normalized spacial score (nSPS) is 15.7. The first kappa shape index (κ1) is 36.1. The van der Waals surface area contributed by atoms with Crippen LogP contribution >= 0.6 is 0 Å². The van der Waals surface area contributed by atoms with Gasteiger partial charge in [0.05, 0.1) is 26.2 Å². The fourth-order valence-corrected chi connectivity index (χ4v) is 5.35. The predicted octanol–water partition coefficient (Wildman–Crippen LogP) is 7.39. The molecular weight excluding hydrogens is 482 g/mol. The van der Waals surface area contributed by atoms with Crippen molar-refractivity contribution >= 4 is 17.9 Å². The van der Waals surface area contributed by atoms with Crippen molar-refractivity contribution in [3.05, 3.63) is 12.2 Å². The number of allylic oxidation sites excluding steroid dienone is 2. The van der Waals surface area contributed by atoms with Crippen LogP contribution in [0.2, 0.25) is 0 Å². The first-order valence-electron chi connectivity index (χ1n) is 15.2. The Morgan fingerprint density at radius 1 is 0.553 bits per heavy atom. The fraction of sp³-hybridized carbons (Fsp3) is 0.839. The SMILES string of the molecule is CCCCC/C=C/CCCCCCCCCCCC[N+](CC(C)C(=O)O)(CC(C)C(=O)O)CC(C)C(=O)O. The Labute approximate surface area is 232 Å². The van der Waals surface area contributed by atoms with Gasteiger partial charge in [-0.25, -0.2) is 0 Å². The minimum absolute atomic E-state index is 0.225. The molecule has 7 nitrogen and oxygen atoms in total. The van der Waals surface area contributed by atoms with Crippen LogP contribution in [0.25, 0.3) is 0 Å². The van der Waals surface area contributed by atoms with E-state index >= 15 is 0 Å². The first-order valence-corrected chi connectivity index (χ1v) is 15.2. The maximum absolute atomic E-state index is 11.6. The van der Waals surface area contributed by atoms with Crippen molar-refractivity contribution in [2.24, 2.45) is 17.8 Å². The monoisotopic (exact) mass is 540 g/mol. The highest BCUT2D eigenvalue weighted by Crippen LogP contribution is 2.22. The fourth-order valence-electron chi connectivity index (χ4n) is 5.35. The van der Waals surface area contributed by atoms with Gasteiger partial charge in [-0.05, 0) is 59.3 Å². The molecule has 0 bridgehead atoms. The van der Waals surface area contributed by atoms with Crippen LogP contribution in [-0.2, 0) is 14.4 Å². The minimum Gasteiger partial charge on any atom is -0.481 e. The number of quaternary nitrogens is 1. The zero-order valence-corrected chi connectivity index (χ0v) is 24.8. The summed E-state index contributed by atoms with van der Waals surface area (Å²) in [5.41, 5.74) is 0. The summed E-state index contributed by atoms with van der Waals surface area (Å²) in [5.74, 6) is -4.80. The van der Waals surface area contributed by atoms with Crippen LogP contribution < -0.4 is 0 Å². The van der Waals surface area contributed by atoms with Gasteiger partial charge in [-0.3, -0.25) is 14.4 Å². The van der Waals surface area contributed by atoms with Crippen LogP contribution in [0.1, 0.15) is 124 Å². The molecule has 0 radical (unpaired) electrons. The molecule has 38 heavy (non-hydrogen) atoms. The van der Waals surface area contributed by atoms with Crippen molar-refractivity contribution in [3.63, 3.8) is 0 Å². The number of hydrogen-bond acceptors (Lipinski definition) is 3. The van der Waals surface area contributed by atoms with Crippen molar-refractivity contribution in [1.29, 1.82) is 0 Å². The molecule has 222 valence electrons. The quantitative estimate of drug-likeness (QED) is 0.0599. The van der Waals surface area contributed by atoms with Crippen LogP contribution in [0, 0.1) is 17.8 Å². The molecule has 0 saturated carbocycles. The number of hydrogen-bond donors (Lipinski definition) is 3. The Kier molecular flexibility index (Phi) is 20.9. The summed E-state index contributed by atoms with van der Waals surface area (Å²) in [7, 11) is 0. The highest BCUT2D eigenvalue weighted by atomic mass is 16.4. The second-order valence-electron chi connectivity index (χ2n) is 11.6. The number of carboxylic acids is 3. The van der Waals surface area contributed by atoms with Crippen molar-refractivity contribution < 1.29 is 34.2 Å². The molecular formula is C31H58NO6+. The lowest BCUT2D eigenvalue weighted by atomic mass is 10.00. The van der Waals surface area contributed by atoms with Gasteiger partial charge in [0, 0.05) is 0 Å². The smallest absolute Gasteiger partial charge is 0.311 e. The molecule has 0 rings (SSSR count). The summed E-state index contributed by atoms with van der Waals surface area (Å²) in [6, 6.07) is 0. The largest absolute Gasteiger partial charge is 0.481 e. The molecule has 7 heteroatoms. The molecule has 0 heterocycles. The summed E-state index contributed by atoms with van der Waals surface area (Å²) < 4.78 is 0.225. The average molecular weight is 541 g/mol. The van der Waals surface area contributed by atoms with Crippen LogP contribution in [-0.4, -0.2) is 63.9 Å². The van der Waals surface area contributed by atoms with Crippen LogP contribution in [0.4, 0.5) is 0 Å². The third-order valence-electron chi connectivity index (χ3n) is 7.64. The molecule has 3 atom stereocenters. The Hall–Kier alpha value is -1.89. The Morgan fingerprint density at radius 2 is 0.868 bits per heavy atom. The molecule has 0 aromatic carbocycles. The van der Waals surface area contributed by atoms with Crippen LogP contribution in [0.15, 0.2) is 12.2 Å². The molecule has 0 aliphatic heterocycles. The molecule has 0 spiro atoms. The van der Waals surface area contributed by atoms with E-state index in [1.165, 1.54) is 77.0 Å². The molecule has 3 N–H and O–H groups in total. The maximum atomic E-state index is 11.6. The molecule has 0 aliphatic rings. The summed E-state index contributed by atoms with van der Waals surface area (Å²) in [6.45, 7) is 8.46. The van der Waals surface area contributed by atoms with E-state index in [0.717, 1.165) is 19.3 Å². The van der Waals surface area contributed by atoms with Gasteiger partial charge in [-0.1, -0.05) is 76.9 Å². The van der Waals surface area contributed by atoms with Crippen molar-refractivity contribution in [2.75, 3.05) is 26.2 Å². The van der Waals surface area contributed by atoms with Gasteiger partial charge in [-0.2, -0.15) is 0 Å². The summed E-state index contributed by atoms with van der Waals surface area (Å²) >= 11 is 0. The molecule has 0 aromatic rings. The molecule has 0 aromatic heterocycles. The van der Waals surface area contributed by atoms with Crippen LogP contribution in [0.3, 0.4) is 0 Å². The number of carboxylic acid groups (broad SMARTS) is 3. The van der Waals surface area contributed by atoms with Crippen molar-refractivity contribution in [3.8, 4) is 0 Å². The highest BCUT2D eigenvalue weighted by Gasteiger charge is 2.38. The van der Waals surface area contributed by atoms with E-state index in [-0.39, 0.29) is 24.1 Å². The van der Waals surface area contributed by atoms with E-state index in [0.29, 0.717) is 6.54 Å². The first-order chi connectivity index (χ1) is 18.0. The van der Waals surface area contributed by atoms with E-state index in [9.17, 15) is 29.7 Å². The lowest BCUT2D eigenvalue weighted by Gasteiger charge is -2.42.